The molecule has 1 N–H and O–H groups in total. The van der Waals surface area contributed by atoms with Gasteiger partial charge in [-0.1, -0.05) is 51.0 Å². The van der Waals surface area contributed by atoms with Gasteiger partial charge in [0.2, 0.25) is 0 Å². The summed E-state index contributed by atoms with van der Waals surface area (Å²) >= 11 is 0. The Morgan fingerprint density at radius 2 is 1.59 bits per heavy atom. The average molecular weight is 312 g/mol. The Morgan fingerprint density at radius 3 is 2.36 bits per heavy atom. The lowest BCUT2D eigenvalue weighted by Crippen LogP contribution is -2.24. The predicted molar refractivity (Wildman–Crippen MR) is 95.1 cm³/mol. The maximum absolute atomic E-state index is 9.96. The molecule has 3 rings (SSSR count). The van der Waals surface area contributed by atoms with Crippen LogP contribution in [0.1, 0.15) is 24.8 Å². The average Bonchev–Trinajstić information content (AvgIpc) is 2.57. The first-order chi connectivity index (χ1) is 10.8. The van der Waals surface area contributed by atoms with Gasteiger partial charge in [0, 0.05) is 24.0 Å². The number of piperidine rings is 1. The van der Waals surface area contributed by atoms with Gasteiger partial charge >= 0.3 is 0 Å². The molecule has 0 amide bonds. The van der Waals surface area contributed by atoms with Crippen LogP contribution in [0.4, 0.5) is 0 Å². The number of hydrogen-bond acceptors (Lipinski definition) is 3. The predicted octanol–water partition coefficient (Wildman–Crippen LogP) is 2.84. The van der Waals surface area contributed by atoms with Crippen molar-refractivity contribution in [3.8, 4) is 5.75 Å². The van der Waals surface area contributed by atoms with Crippen LogP contribution in [-0.4, -0.2) is 29.4 Å². The van der Waals surface area contributed by atoms with Gasteiger partial charge in [-0.2, -0.15) is 5.10 Å². The third-order valence-corrected chi connectivity index (χ3v) is 5.24. The molecule has 0 saturated carbocycles. The quantitative estimate of drug-likeness (QED) is 0.696. The number of phenolic OH excluding ortho intramolecular Hbond substituents is 1. The van der Waals surface area contributed by atoms with Crippen LogP contribution < -0.4 is 10.6 Å². The van der Waals surface area contributed by atoms with E-state index in [1.807, 2.05) is 36.5 Å². The third-order valence-electron chi connectivity index (χ3n) is 3.83. The van der Waals surface area contributed by atoms with Crippen molar-refractivity contribution in [2.75, 3.05) is 13.1 Å². The molecule has 0 spiro atoms. The highest BCUT2D eigenvalue weighted by atomic mass is 31.1. The molecular formula is C18H21N2OP. The summed E-state index contributed by atoms with van der Waals surface area (Å²) in [5.41, 5.74) is 1.13. The van der Waals surface area contributed by atoms with Crippen LogP contribution in [0, 0.1) is 0 Å². The van der Waals surface area contributed by atoms with E-state index in [-0.39, 0.29) is 0 Å². The van der Waals surface area contributed by atoms with Crippen LogP contribution in [0.5, 0.6) is 5.75 Å². The summed E-state index contributed by atoms with van der Waals surface area (Å²) in [5, 5.41) is 18.9. The summed E-state index contributed by atoms with van der Waals surface area (Å²) in [7, 11) is 0.434. The Hall–Kier alpha value is -1.86. The normalized spacial score (nSPS) is 15.9. The number of aromatic hydroxyl groups is 1. The van der Waals surface area contributed by atoms with Crippen LogP contribution in [0.2, 0.25) is 0 Å². The van der Waals surface area contributed by atoms with E-state index in [4.69, 9.17) is 0 Å². The highest BCUT2D eigenvalue weighted by molar-refractivity contribution is 7.56. The summed E-state index contributed by atoms with van der Waals surface area (Å²) in [5.74, 6) is 0.364. The summed E-state index contributed by atoms with van der Waals surface area (Å²) in [6.07, 6.45) is 5.75. The summed E-state index contributed by atoms with van der Waals surface area (Å²) < 4.78 is 0. The van der Waals surface area contributed by atoms with E-state index in [9.17, 15) is 5.11 Å². The van der Waals surface area contributed by atoms with E-state index >= 15 is 0 Å². The summed E-state index contributed by atoms with van der Waals surface area (Å²) in [4.78, 5) is 0. The second-order valence-electron chi connectivity index (χ2n) is 5.49. The van der Waals surface area contributed by atoms with Crippen LogP contribution in [0.25, 0.3) is 0 Å². The Morgan fingerprint density at radius 1 is 0.909 bits per heavy atom. The van der Waals surface area contributed by atoms with E-state index in [1.54, 1.807) is 6.07 Å². The maximum atomic E-state index is 9.96. The van der Waals surface area contributed by atoms with Gasteiger partial charge in [0.15, 0.2) is 0 Å². The number of hydrazone groups is 1. The zero-order chi connectivity index (χ0) is 15.2. The van der Waals surface area contributed by atoms with Gasteiger partial charge in [-0.05, 0) is 30.6 Å². The lowest BCUT2D eigenvalue weighted by Gasteiger charge is -2.23. The zero-order valence-electron chi connectivity index (χ0n) is 12.6. The van der Waals surface area contributed by atoms with Crippen molar-refractivity contribution in [3.05, 3.63) is 54.1 Å². The topological polar surface area (TPSA) is 35.8 Å². The summed E-state index contributed by atoms with van der Waals surface area (Å²) in [6, 6.07) is 15.8. The Bertz CT molecular complexity index is 651. The van der Waals surface area contributed by atoms with Gasteiger partial charge in [-0.15, -0.1) is 0 Å². The summed E-state index contributed by atoms with van der Waals surface area (Å²) in [6.45, 7) is 2.11. The van der Waals surface area contributed by atoms with Gasteiger partial charge in [-0.25, -0.2) is 0 Å². The van der Waals surface area contributed by atoms with Crippen molar-refractivity contribution in [2.24, 2.45) is 5.10 Å². The molecule has 4 heteroatoms. The van der Waals surface area contributed by atoms with Crippen LogP contribution in [-0.2, 0) is 0 Å². The van der Waals surface area contributed by atoms with Crippen molar-refractivity contribution >= 4 is 25.4 Å². The monoisotopic (exact) mass is 312 g/mol. The fraction of sp³-hybridized carbons (Fsp3) is 0.278. The SMILES string of the molecule is Oc1ccccc1Pc1ccccc1C=NN1CCCCC1. The lowest BCUT2D eigenvalue weighted by atomic mass is 10.2. The zero-order valence-corrected chi connectivity index (χ0v) is 13.6. The molecule has 0 aromatic heterocycles. The molecule has 0 bridgehead atoms. The van der Waals surface area contributed by atoms with Gasteiger partial charge < -0.3 is 5.11 Å². The Labute approximate surface area is 133 Å². The number of para-hydroxylation sites is 1. The molecule has 2 aromatic carbocycles. The molecule has 114 valence electrons. The molecule has 1 aliphatic rings. The second kappa shape index (κ2) is 7.42. The van der Waals surface area contributed by atoms with E-state index in [0.717, 1.165) is 24.0 Å². The number of phenols is 1. The molecule has 1 aliphatic heterocycles. The fourth-order valence-corrected chi connectivity index (χ4v) is 3.74. The Balaban J connectivity index is 1.77. The highest BCUT2D eigenvalue weighted by Crippen LogP contribution is 2.19. The van der Waals surface area contributed by atoms with Gasteiger partial charge in [-0.3, -0.25) is 5.01 Å². The molecule has 2 aromatic rings. The lowest BCUT2D eigenvalue weighted by molar-refractivity contribution is 0.240. The first-order valence-corrected chi connectivity index (χ1v) is 8.76. The van der Waals surface area contributed by atoms with E-state index < -0.39 is 0 Å². The van der Waals surface area contributed by atoms with Crippen LogP contribution in [0.15, 0.2) is 53.6 Å². The molecule has 1 fully saturated rings. The number of benzene rings is 2. The van der Waals surface area contributed by atoms with Crippen molar-refractivity contribution in [2.45, 2.75) is 19.3 Å². The minimum absolute atomic E-state index is 0.364. The highest BCUT2D eigenvalue weighted by Gasteiger charge is 2.08. The maximum Gasteiger partial charge on any atom is 0.123 e. The molecule has 22 heavy (non-hydrogen) atoms. The van der Waals surface area contributed by atoms with Gasteiger partial charge in [0.05, 0.1) is 6.21 Å². The standard InChI is InChI=1S/C18H21N2OP/c21-16-9-3-5-11-18(16)22-17-10-4-2-8-15(17)14-19-20-12-6-1-7-13-20/h2-5,8-11,14,21-22H,1,6-7,12-13H2. The fourth-order valence-electron chi connectivity index (χ4n) is 2.58. The molecular weight excluding hydrogens is 291 g/mol. The molecule has 1 heterocycles. The van der Waals surface area contributed by atoms with Crippen molar-refractivity contribution in [1.29, 1.82) is 0 Å². The first kappa shape index (κ1) is 15.1. The molecule has 1 unspecified atom stereocenters. The third kappa shape index (κ3) is 3.86. The van der Waals surface area contributed by atoms with E-state index in [2.05, 4.69) is 22.2 Å². The molecule has 1 atom stereocenters. The van der Waals surface area contributed by atoms with E-state index in [1.165, 1.54) is 24.6 Å². The van der Waals surface area contributed by atoms with Crippen molar-refractivity contribution in [1.82, 2.24) is 5.01 Å². The van der Waals surface area contributed by atoms with Gasteiger partial charge in [0.1, 0.15) is 5.75 Å². The smallest absolute Gasteiger partial charge is 0.123 e. The first-order valence-electron chi connectivity index (χ1n) is 7.76. The molecule has 0 radical (unpaired) electrons. The van der Waals surface area contributed by atoms with Gasteiger partial charge in [0.25, 0.3) is 0 Å². The van der Waals surface area contributed by atoms with Crippen LogP contribution >= 0.6 is 8.58 Å². The minimum Gasteiger partial charge on any atom is -0.507 e. The molecule has 0 aliphatic carbocycles. The van der Waals surface area contributed by atoms with Crippen LogP contribution in [0.3, 0.4) is 0 Å². The number of rotatable bonds is 4. The minimum atomic E-state index is 0.364. The van der Waals surface area contributed by atoms with E-state index in [0.29, 0.717) is 14.3 Å². The Kier molecular flexibility index (Phi) is 5.07. The van der Waals surface area contributed by atoms with Crippen molar-refractivity contribution in [3.63, 3.8) is 0 Å². The van der Waals surface area contributed by atoms with Crippen molar-refractivity contribution < 1.29 is 5.11 Å². The molecule has 3 nitrogen and oxygen atoms in total. The second-order valence-corrected chi connectivity index (χ2v) is 6.82. The number of nitrogens with zero attached hydrogens (tertiary/aromatic N) is 2. The number of hydrogen-bond donors (Lipinski definition) is 1. The largest absolute Gasteiger partial charge is 0.507 e. The molecule has 1 saturated heterocycles.